The molecule has 0 N–H and O–H groups in total. The Labute approximate surface area is 74.1 Å². The van der Waals surface area contributed by atoms with Crippen LogP contribution in [0.25, 0.3) is 0 Å². The van der Waals surface area contributed by atoms with Crippen molar-refractivity contribution in [3.8, 4) is 0 Å². The average molecular weight is 186 g/mol. The summed E-state index contributed by atoms with van der Waals surface area (Å²) in [5.74, 6) is 0. The molecule has 0 aliphatic rings. The first-order valence-electron chi connectivity index (χ1n) is 3.66. The Hall–Kier alpha value is -1.45. The van der Waals surface area contributed by atoms with Crippen molar-refractivity contribution < 1.29 is 18.3 Å². The highest BCUT2D eigenvalue weighted by Gasteiger charge is 2.06. The molecule has 0 spiro atoms. The minimum Gasteiger partial charge on any atom is -0.463 e. The van der Waals surface area contributed by atoms with Crippen molar-refractivity contribution in [2.75, 3.05) is 0 Å². The van der Waals surface area contributed by atoms with E-state index in [1.807, 2.05) is 0 Å². The number of halogens is 2. The van der Waals surface area contributed by atoms with Gasteiger partial charge in [-0.25, -0.2) is 8.78 Å². The van der Waals surface area contributed by atoms with Crippen LogP contribution in [0.4, 0.5) is 8.78 Å². The highest BCUT2D eigenvalue weighted by atomic mass is 19.3. The molecule has 1 aromatic carbocycles. The topological polar surface area (TPSA) is 26.3 Å². The van der Waals surface area contributed by atoms with Gasteiger partial charge in [-0.1, -0.05) is 18.2 Å². The van der Waals surface area contributed by atoms with E-state index in [0.717, 1.165) is 0 Å². The molecule has 13 heavy (non-hydrogen) atoms. The number of alkyl halides is 2. The largest absolute Gasteiger partial charge is 0.463 e. The standard InChI is InChI=1S/C9H8F2O2/c10-9(11)8-3-1-2-7(4-8)5-13-6-12/h1-4,6,9H,5H2. The molecular weight excluding hydrogens is 178 g/mol. The zero-order chi connectivity index (χ0) is 9.68. The molecule has 0 fully saturated rings. The van der Waals surface area contributed by atoms with Crippen LogP contribution in [0.2, 0.25) is 0 Å². The predicted octanol–water partition coefficient (Wildman–Crippen LogP) is 2.30. The van der Waals surface area contributed by atoms with E-state index in [9.17, 15) is 13.6 Å². The Kier molecular flexibility index (Phi) is 3.37. The van der Waals surface area contributed by atoms with E-state index >= 15 is 0 Å². The quantitative estimate of drug-likeness (QED) is 0.674. The number of ether oxygens (including phenoxy) is 1. The fourth-order valence-electron chi connectivity index (χ4n) is 0.949. The van der Waals surface area contributed by atoms with Gasteiger partial charge in [-0.2, -0.15) is 0 Å². The first-order valence-corrected chi connectivity index (χ1v) is 3.66. The number of benzene rings is 1. The van der Waals surface area contributed by atoms with Gasteiger partial charge in [-0.05, 0) is 11.6 Å². The smallest absolute Gasteiger partial charge is 0.293 e. The molecule has 0 radical (unpaired) electrons. The van der Waals surface area contributed by atoms with Crippen LogP contribution in [0.5, 0.6) is 0 Å². The summed E-state index contributed by atoms with van der Waals surface area (Å²) in [6.45, 7) is 0.319. The number of hydrogen-bond donors (Lipinski definition) is 0. The van der Waals surface area contributed by atoms with Gasteiger partial charge in [0.2, 0.25) is 0 Å². The van der Waals surface area contributed by atoms with Crippen LogP contribution < -0.4 is 0 Å². The lowest BCUT2D eigenvalue weighted by molar-refractivity contribution is -0.129. The SMILES string of the molecule is O=COCc1cccc(C(F)F)c1. The van der Waals surface area contributed by atoms with Crippen LogP contribution in [0.3, 0.4) is 0 Å². The highest BCUT2D eigenvalue weighted by molar-refractivity contribution is 5.37. The molecule has 4 heteroatoms. The molecule has 0 aromatic heterocycles. The minimum absolute atomic E-state index is 0.0318. The molecule has 0 amide bonds. The van der Waals surface area contributed by atoms with Crippen LogP contribution in [-0.2, 0) is 16.1 Å². The van der Waals surface area contributed by atoms with E-state index in [0.29, 0.717) is 5.56 Å². The van der Waals surface area contributed by atoms with Gasteiger partial charge < -0.3 is 4.74 Å². The average Bonchev–Trinajstić information content (AvgIpc) is 2.15. The van der Waals surface area contributed by atoms with Crippen LogP contribution in [-0.4, -0.2) is 6.47 Å². The van der Waals surface area contributed by atoms with Crippen molar-refractivity contribution in [3.63, 3.8) is 0 Å². The molecule has 70 valence electrons. The summed E-state index contributed by atoms with van der Waals surface area (Å²) in [5.41, 5.74) is 0.497. The van der Waals surface area contributed by atoms with E-state index in [1.54, 1.807) is 6.07 Å². The first kappa shape index (κ1) is 9.64. The molecule has 0 unspecified atom stereocenters. The third-order valence-corrected chi connectivity index (χ3v) is 1.52. The lowest BCUT2D eigenvalue weighted by Crippen LogP contribution is -1.92. The number of hydrogen-bond acceptors (Lipinski definition) is 2. The summed E-state index contributed by atoms with van der Waals surface area (Å²) >= 11 is 0. The summed E-state index contributed by atoms with van der Waals surface area (Å²) in [6.07, 6.45) is -2.49. The predicted molar refractivity (Wildman–Crippen MR) is 42.3 cm³/mol. The van der Waals surface area contributed by atoms with Crippen LogP contribution in [0, 0.1) is 0 Å². The molecule has 0 saturated carbocycles. The number of carbonyl (C=O) groups excluding carboxylic acids is 1. The molecule has 0 aliphatic heterocycles. The van der Waals surface area contributed by atoms with Crippen molar-refractivity contribution in [2.24, 2.45) is 0 Å². The Morgan fingerprint density at radius 3 is 2.85 bits per heavy atom. The maximum Gasteiger partial charge on any atom is 0.293 e. The van der Waals surface area contributed by atoms with Gasteiger partial charge in [0.15, 0.2) is 0 Å². The maximum atomic E-state index is 12.2. The zero-order valence-corrected chi connectivity index (χ0v) is 6.74. The van der Waals surface area contributed by atoms with Crippen molar-refractivity contribution in [1.82, 2.24) is 0 Å². The first-order chi connectivity index (χ1) is 6.24. The van der Waals surface area contributed by atoms with Crippen molar-refractivity contribution in [1.29, 1.82) is 0 Å². The highest BCUT2D eigenvalue weighted by Crippen LogP contribution is 2.19. The van der Waals surface area contributed by atoms with Crippen LogP contribution >= 0.6 is 0 Å². The molecule has 1 rings (SSSR count). The molecule has 0 atom stereocenters. The molecule has 0 saturated heterocycles. The summed E-state index contributed by atoms with van der Waals surface area (Å²) in [5, 5.41) is 0. The Morgan fingerprint density at radius 1 is 1.46 bits per heavy atom. The van der Waals surface area contributed by atoms with E-state index < -0.39 is 6.43 Å². The summed E-state index contributed by atoms with van der Waals surface area (Å²) in [4.78, 5) is 9.83. The zero-order valence-electron chi connectivity index (χ0n) is 6.74. The second-order valence-corrected chi connectivity index (χ2v) is 2.45. The summed E-state index contributed by atoms with van der Waals surface area (Å²) in [6, 6.07) is 5.77. The monoisotopic (exact) mass is 186 g/mol. The second-order valence-electron chi connectivity index (χ2n) is 2.45. The van der Waals surface area contributed by atoms with Crippen molar-refractivity contribution in [2.45, 2.75) is 13.0 Å². The third kappa shape index (κ3) is 2.82. The number of rotatable bonds is 4. The Balaban J connectivity index is 2.73. The van der Waals surface area contributed by atoms with E-state index in [2.05, 4.69) is 4.74 Å². The lowest BCUT2D eigenvalue weighted by Gasteiger charge is -2.02. The lowest BCUT2D eigenvalue weighted by atomic mass is 10.1. The molecule has 0 bridgehead atoms. The Bertz CT molecular complexity index is 287. The molecular formula is C9H8F2O2. The second kappa shape index (κ2) is 4.54. The van der Waals surface area contributed by atoms with Gasteiger partial charge in [0, 0.05) is 5.56 Å². The minimum atomic E-state index is -2.49. The van der Waals surface area contributed by atoms with E-state index in [4.69, 9.17) is 0 Å². The van der Waals surface area contributed by atoms with Crippen LogP contribution in [0.1, 0.15) is 17.6 Å². The molecule has 2 nitrogen and oxygen atoms in total. The number of carbonyl (C=O) groups is 1. The van der Waals surface area contributed by atoms with Gasteiger partial charge >= 0.3 is 0 Å². The van der Waals surface area contributed by atoms with Crippen molar-refractivity contribution in [3.05, 3.63) is 35.4 Å². The fraction of sp³-hybridized carbons (Fsp3) is 0.222. The van der Waals surface area contributed by atoms with E-state index in [1.165, 1.54) is 18.2 Å². The molecule has 0 heterocycles. The van der Waals surface area contributed by atoms with Gasteiger partial charge in [-0.3, -0.25) is 4.79 Å². The van der Waals surface area contributed by atoms with Crippen LogP contribution in [0.15, 0.2) is 24.3 Å². The van der Waals surface area contributed by atoms with Gasteiger partial charge in [0.05, 0.1) is 0 Å². The maximum absolute atomic E-state index is 12.2. The van der Waals surface area contributed by atoms with Gasteiger partial charge in [-0.15, -0.1) is 0 Å². The molecule has 1 aromatic rings. The normalized spacial score (nSPS) is 10.1. The summed E-state index contributed by atoms with van der Waals surface area (Å²) < 4.78 is 28.7. The van der Waals surface area contributed by atoms with Gasteiger partial charge in [0.25, 0.3) is 12.9 Å². The molecule has 0 aliphatic carbocycles. The summed E-state index contributed by atoms with van der Waals surface area (Å²) in [7, 11) is 0. The van der Waals surface area contributed by atoms with Gasteiger partial charge in [0.1, 0.15) is 6.61 Å². The van der Waals surface area contributed by atoms with Crippen molar-refractivity contribution >= 4 is 6.47 Å². The van der Waals surface area contributed by atoms with E-state index in [-0.39, 0.29) is 18.6 Å². The Morgan fingerprint density at radius 2 is 2.23 bits per heavy atom. The third-order valence-electron chi connectivity index (χ3n) is 1.52. The fourth-order valence-corrected chi connectivity index (χ4v) is 0.949.